The van der Waals surface area contributed by atoms with Crippen LogP contribution in [-0.2, 0) is 9.53 Å². The summed E-state index contributed by atoms with van der Waals surface area (Å²) >= 11 is 1.32. The second-order valence-corrected chi connectivity index (χ2v) is 7.01. The molecule has 0 amide bonds. The minimum absolute atomic E-state index is 0.187. The molecule has 0 unspecified atom stereocenters. The molecule has 0 bridgehead atoms. The Morgan fingerprint density at radius 3 is 2.68 bits per heavy atom. The number of unbranched alkanes of at least 4 members (excludes halogenated alkanes) is 1. The molecule has 0 aliphatic carbocycles. The van der Waals surface area contributed by atoms with Crippen LogP contribution in [0.15, 0.2) is 59.8 Å². The average molecular weight is 398 g/mol. The van der Waals surface area contributed by atoms with Crippen molar-refractivity contribution in [2.24, 2.45) is 0 Å². The lowest BCUT2D eigenvalue weighted by Crippen LogP contribution is -2.09. The van der Waals surface area contributed by atoms with E-state index in [9.17, 15) is 4.79 Å². The molecule has 28 heavy (non-hydrogen) atoms. The van der Waals surface area contributed by atoms with Crippen LogP contribution in [0.4, 0.5) is 0 Å². The molecule has 2 aromatic carbocycles. The number of para-hydroxylation sites is 1. The van der Waals surface area contributed by atoms with Crippen LogP contribution in [0.3, 0.4) is 0 Å². The lowest BCUT2D eigenvalue weighted by molar-refractivity contribution is -0.140. The first-order valence-electron chi connectivity index (χ1n) is 9.16. The molecule has 0 aliphatic rings. The number of benzene rings is 2. The number of esters is 1. The molecule has 1 heterocycles. The highest BCUT2D eigenvalue weighted by Gasteiger charge is 2.18. The number of ether oxygens (including phenoxy) is 2. The highest BCUT2D eigenvalue weighted by molar-refractivity contribution is 7.99. The van der Waals surface area contributed by atoms with Gasteiger partial charge in [0.2, 0.25) is 0 Å². The number of carbonyl (C=O) groups is 1. The van der Waals surface area contributed by atoms with Crippen LogP contribution in [0, 0.1) is 0 Å². The van der Waals surface area contributed by atoms with Crippen molar-refractivity contribution in [1.82, 2.24) is 14.8 Å². The Morgan fingerprint density at radius 1 is 1.11 bits per heavy atom. The van der Waals surface area contributed by atoms with Crippen LogP contribution in [0.2, 0.25) is 0 Å². The molecule has 0 fully saturated rings. The second kappa shape index (κ2) is 9.94. The number of hydrogen-bond donors (Lipinski definition) is 0. The van der Waals surface area contributed by atoms with E-state index in [1.165, 1.54) is 11.8 Å². The van der Waals surface area contributed by atoms with E-state index >= 15 is 0 Å². The summed E-state index contributed by atoms with van der Waals surface area (Å²) < 4.78 is 12.5. The topological polar surface area (TPSA) is 66.2 Å². The van der Waals surface area contributed by atoms with Crippen molar-refractivity contribution < 1.29 is 14.3 Å². The van der Waals surface area contributed by atoms with Crippen molar-refractivity contribution in [3.8, 4) is 22.8 Å². The van der Waals surface area contributed by atoms with Gasteiger partial charge in [0.05, 0.1) is 19.5 Å². The van der Waals surface area contributed by atoms with Gasteiger partial charge in [0, 0.05) is 11.3 Å². The number of hydrogen-bond acceptors (Lipinski definition) is 6. The minimum Gasteiger partial charge on any atom is -0.497 e. The average Bonchev–Trinajstić information content (AvgIpc) is 3.17. The highest BCUT2D eigenvalue weighted by atomic mass is 32.2. The zero-order chi connectivity index (χ0) is 19.8. The predicted octanol–water partition coefficient (Wildman–Crippen LogP) is 4.38. The van der Waals surface area contributed by atoms with E-state index in [0.29, 0.717) is 17.6 Å². The van der Waals surface area contributed by atoms with Gasteiger partial charge in [-0.2, -0.15) is 0 Å². The highest BCUT2D eigenvalue weighted by Crippen LogP contribution is 2.29. The predicted molar refractivity (Wildman–Crippen MR) is 110 cm³/mol. The van der Waals surface area contributed by atoms with Crippen LogP contribution in [-0.4, -0.2) is 40.2 Å². The fraction of sp³-hybridized carbons (Fsp3) is 0.286. The first-order chi connectivity index (χ1) is 13.7. The van der Waals surface area contributed by atoms with Gasteiger partial charge in [-0.3, -0.25) is 9.36 Å². The Kier molecular flexibility index (Phi) is 7.08. The van der Waals surface area contributed by atoms with Crippen LogP contribution < -0.4 is 4.74 Å². The molecule has 3 rings (SSSR count). The Bertz CT molecular complexity index is 912. The van der Waals surface area contributed by atoms with E-state index in [0.717, 1.165) is 29.8 Å². The largest absolute Gasteiger partial charge is 0.497 e. The fourth-order valence-corrected chi connectivity index (χ4v) is 3.37. The van der Waals surface area contributed by atoms with E-state index in [4.69, 9.17) is 9.47 Å². The summed E-state index contributed by atoms with van der Waals surface area (Å²) in [7, 11) is 1.63. The summed E-state index contributed by atoms with van der Waals surface area (Å²) in [4.78, 5) is 12.0. The number of thioether (sulfide) groups is 1. The summed E-state index contributed by atoms with van der Waals surface area (Å²) in [5.74, 6) is 1.37. The summed E-state index contributed by atoms with van der Waals surface area (Å²) in [5.41, 5.74) is 1.81. The van der Waals surface area contributed by atoms with Crippen LogP contribution in [0.25, 0.3) is 17.1 Å². The Morgan fingerprint density at radius 2 is 1.93 bits per heavy atom. The standard InChI is InChI=1S/C21H23N3O3S/c1-3-4-13-27-19(25)15-28-21-23-22-20(16-9-8-12-18(14-16)26-2)24(21)17-10-6-5-7-11-17/h5-12,14H,3-4,13,15H2,1-2H3. The quantitative estimate of drug-likeness (QED) is 0.303. The second-order valence-electron chi connectivity index (χ2n) is 6.07. The SMILES string of the molecule is CCCCOC(=O)CSc1nnc(-c2cccc(OC)c2)n1-c1ccccc1. The molecule has 0 radical (unpaired) electrons. The van der Waals surface area contributed by atoms with Crippen LogP contribution in [0.1, 0.15) is 19.8 Å². The Labute approximate surface area is 168 Å². The number of nitrogens with zero attached hydrogens (tertiary/aromatic N) is 3. The summed E-state index contributed by atoms with van der Waals surface area (Å²) in [6.07, 6.45) is 1.86. The first kappa shape index (κ1) is 19.9. The molecule has 0 saturated heterocycles. The lowest BCUT2D eigenvalue weighted by atomic mass is 10.2. The molecule has 146 valence electrons. The Hall–Kier alpha value is -2.80. The Balaban J connectivity index is 1.88. The molecule has 6 nitrogen and oxygen atoms in total. The van der Waals surface area contributed by atoms with Gasteiger partial charge >= 0.3 is 5.97 Å². The number of rotatable bonds is 9. The van der Waals surface area contributed by atoms with Gasteiger partial charge in [-0.25, -0.2) is 0 Å². The van der Waals surface area contributed by atoms with E-state index in [-0.39, 0.29) is 11.7 Å². The fourth-order valence-electron chi connectivity index (χ4n) is 2.62. The monoisotopic (exact) mass is 397 g/mol. The van der Waals surface area contributed by atoms with Gasteiger partial charge in [-0.05, 0) is 30.7 Å². The molecule has 0 spiro atoms. The van der Waals surface area contributed by atoms with Crippen molar-refractivity contribution >= 4 is 17.7 Å². The number of aromatic nitrogens is 3. The first-order valence-corrected chi connectivity index (χ1v) is 10.1. The molecule has 3 aromatic rings. The van der Waals surface area contributed by atoms with Gasteiger partial charge in [-0.15, -0.1) is 10.2 Å². The van der Waals surface area contributed by atoms with E-state index in [1.807, 2.05) is 59.2 Å². The maximum absolute atomic E-state index is 12.0. The van der Waals surface area contributed by atoms with Gasteiger partial charge in [0.25, 0.3) is 0 Å². The van der Waals surface area contributed by atoms with Gasteiger partial charge in [0.1, 0.15) is 5.75 Å². The zero-order valence-corrected chi connectivity index (χ0v) is 16.8. The van der Waals surface area contributed by atoms with Crippen molar-refractivity contribution in [2.45, 2.75) is 24.9 Å². The normalized spacial score (nSPS) is 10.6. The lowest BCUT2D eigenvalue weighted by Gasteiger charge is -2.11. The molecule has 0 saturated carbocycles. The van der Waals surface area contributed by atoms with Gasteiger partial charge in [-0.1, -0.05) is 55.4 Å². The van der Waals surface area contributed by atoms with Crippen molar-refractivity contribution in [3.63, 3.8) is 0 Å². The summed E-state index contributed by atoms with van der Waals surface area (Å²) in [6.45, 7) is 2.52. The summed E-state index contributed by atoms with van der Waals surface area (Å²) in [5, 5.41) is 9.33. The molecule has 7 heteroatoms. The minimum atomic E-state index is -0.246. The van der Waals surface area contributed by atoms with E-state index < -0.39 is 0 Å². The number of carbonyl (C=O) groups excluding carboxylic acids is 1. The molecule has 0 atom stereocenters. The van der Waals surface area contributed by atoms with Gasteiger partial charge in [0.15, 0.2) is 11.0 Å². The summed E-state index contributed by atoms with van der Waals surface area (Å²) in [6, 6.07) is 17.5. The maximum Gasteiger partial charge on any atom is 0.316 e. The molecular formula is C21H23N3O3S. The van der Waals surface area contributed by atoms with E-state index in [2.05, 4.69) is 17.1 Å². The molecule has 0 N–H and O–H groups in total. The molecular weight excluding hydrogens is 374 g/mol. The van der Waals surface area contributed by atoms with Crippen molar-refractivity contribution in [2.75, 3.05) is 19.5 Å². The smallest absolute Gasteiger partial charge is 0.316 e. The molecule has 1 aromatic heterocycles. The van der Waals surface area contributed by atoms with E-state index in [1.54, 1.807) is 7.11 Å². The van der Waals surface area contributed by atoms with Crippen LogP contribution >= 0.6 is 11.8 Å². The third-order valence-electron chi connectivity index (χ3n) is 4.06. The van der Waals surface area contributed by atoms with Gasteiger partial charge < -0.3 is 9.47 Å². The third kappa shape index (κ3) is 4.92. The van der Waals surface area contributed by atoms with Crippen LogP contribution in [0.5, 0.6) is 5.75 Å². The molecule has 0 aliphatic heterocycles. The zero-order valence-electron chi connectivity index (χ0n) is 16.0. The van der Waals surface area contributed by atoms with Crippen molar-refractivity contribution in [1.29, 1.82) is 0 Å². The van der Waals surface area contributed by atoms with Crippen molar-refractivity contribution in [3.05, 3.63) is 54.6 Å². The number of methoxy groups -OCH3 is 1. The third-order valence-corrected chi connectivity index (χ3v) is 4.96. The maximum atomic E-state index is 12.0.